The summed E-state index contributed by atoms with van der Waals surface area (Å²) in [6.45, 7) is 5.93. The fraction of sp³-hybridized carbons (Fsp3) is 0.350. The highest BCUT2D eigenvalue weighted by Crippen LogP contribution is 2.12. The van der Waals surface area contributed by atoms with Crippen LogP contribution in [0.3, 0.4) is 0 Å². The smallest absolute Gasteiger partial charge is 0.191 e. The topological polar surface area (TPSA) is 39.7 Å². The van der Waals surface area contributed by atoms with E-state index in [0.717, 1.165) is 38.6 Å². The first-order valence-corrected chi connectivity index (χ1v) is 8.62. The number of rotatable bonds is 8. The maximum atomic E-state index is 4.28. The van der Waals surface area contributed by atoms with Gasteiger partial charge in [-0.15, -0.1) is 24.0 Å². The Morgan fingerprint density at radius 2 is 1.60 bits per heavy atom. The second-order valence-corrected chi connectivity index (χ2v) is 5.61. The van der Waals surface area contributed by atoms with Crippen molar-refractivity contribution < 1.29 is 0 Å². The largest absolute Gasteiger partial charge is 0.372 e. The van der Waals surface area contributed by atoms with Crippen LogP contribution in [0.25, 0.3) is 0 Å². The lowest BCUT2D eigenvalue weighted by molar-refractivity contribution is 0.708. The first-order valence-electron chi connectivity index (χ1n) is 8.62. The molecule has 0 aliphatic carbocycles. The Kier molecular flexibility index (Phi) is 10.7. The van der Waals surface area contributed by atoms with E-state index in [1.54, 1.807) is 0 Å². The van der Waals surface area contributed by atoms with Gasteiger partial charge in [0.2, 0.25) is 0 Å². The zero-order valence-electron chi connectivity index (χ0n) is 15.1. The van der Waals surface area contributed by atoms with Gasteiger partial charge >= 0.3 is 0 Å². The van der Waals surface area contributed by atoms with Gasteiger partial charge in [0.25, 0.3) is 0 Å². The molecule has 0 aliphatic rings. The van der Waals surface area contributed by atoms with Crippen LogP contribution < -0.4 is 15.5 Å². The van der Waals surface area contributed by atoms with Crippen molar-refractivity contribution in [2.75, 3.05) is 31.6 Å². The molecule has 2 rings (SSSR count). The van der Waals surface area contributed by atoms with Gasteiger partial charge in [-0.25, -0.2) is 0 Å². The van der Waals surface area contributed by atoms with E-state index in [1.165, 1.54) is 11.3 Å². The summed E-state index contributed by atoms with van der Waals surface area (Å²) in [6, 6.07) is 20.9. The molecule has 0 amide bonds. The number of para-hydroxylation sites is 1. The number of benzene rings is 2. The Hall–Kier alpha value is -1.76. The molecular formula is C20H29IN4. The van der Waals surface area contributed by atoms with Crippen molar-refractivity contribution >= 4 is 35.6 Å². The van der Waals surface area contributed by atoms with E-state index < -0.39 is 0 Å². The molecule has 4 nitrogen and oxygen atoms in total. The van der Waals surface area contributed by atoms with Crippen molar-refractivity contribution in [2.24, 2.45) is 4.99 Å². The molecule has 25 heavy (non-hydrogen) atoms. The Bertz CT molecular complexity index is 602. The number of anilines is 1. The third-order valence-corrected chi connectivity index (χ3v) is 3.93. The minimum Gasteiger partial charge on any atom is -0.372 e. The molecule has 0 radical (unpaired) electrons. The molecule has 0 saturated carbocycles. The summed E-state index contributed by atoms with van der Waals surface area (Å²) >= 11 is 0. The molecule has 2 aromatic carbocycles. The number of aliphatic imine (C=N–C) groups is 1. The maximum absolute atomic E-state index is 4.28. The molecular weight excluding hydrogens is 423 g/mol. The third-order valence-electron chi connectivity index (χ3n) is 3.93. The summed E-state index contributed by atoms with van der Waals surface area (Å²) in [4.78, 5) is 6.67. The van der Waals surface area contributed by atoms with Crippen LogP contribution in [0, 0.1) is 0 Å². The molecule has 2 aromatic rings. The molecule has 0 bridgehead atoms. The Morgan fingerprint density at radius 3 is 2.20 bits per heavy atom. The van der Waals surface area contributed by atoms with Gasteiger partial charge in [-0.1, -0.05) is 48.5 Å². The molecule has 0 aliphatic heterocycles. The molecule has 0 spiro atoms. The van der Waals surface area contributed by atoms with Crippen LogP contribution >= 0.6 is 24.0 Å². The van der Waals surface area contributed by atoms with Gasteiger partial charge in [-0.2, -0.15) is 0 Å². The minimum absolute atomic E-state index is 0. The molecule has 0 atom stereocenters. The van der Waals surface area contributed by atoms with Crippen LogP contribution in [0.5, 0.6) is 0 Å². The third kappa shape index (κ3) is 7.77. The minimum atomic E-state index is 0. The molecule has 0 heterocycles. The number of halogens is 1. The van der Waals surface area contributed by atoms with Crippen molar-refractivity contribution in [3.8, 4) is 0 Å². The summed E-state index contributed by atoms with van der Waals surface area (Å²) < 4.78 is 0. The monoisotopic (exact) mass is 452 g/mol. The van der Waals surface area contributed by atoms with Gasteiger partial charge in [0, 0.05) is 38.9 Å². The van der Waals surface area contributed by atoms with Crippen LogP contribution in [0.2, 0.25) is 0 Å². The summed E-state index contributed by atoms with van der Waals surface area (Å²) in [7, 11) is 1.81. The van der Waals surface area contributed by atoms with Crippen molar-refractivity contribution in [1.29, 1.82) is 0 Å². The highest BCUT2D eigenvalue weighted by molar-refractivity contribution is 14.0. The van der Waals surface area contributed by atoms with Crippen molar-refractivity contribution in [3.63, 3.8) is 0 Å². The maximum Gasteiger partial charge on any atom is 0.191 e. The Morgan fingerprint density at radius 1 is 0.960 bits per heavy atom. The predicted octanol–water partition coefficient (Wildman–Crippen LogP) is 3.89. The van der Waals surface area contributed by atoms with Gasteiger partial charge in [-0.3, -0.25) is 4.99 Å². The van der Waals surface area contributed by atoms with E-state index in [4.69, 9.17) is 0 Å². The molecule has 0 saturated heterocycles. The molecule has 0 aromatic heterocycles. The number of nitrogens with one attached hydrogen (secondary N) is 2. The van der Waals surface area contributed by atoms with Crippen molar-refractivity contribution in [3.05, 3.63) is 66.2 Å². The average Bonchev–Trinajstić information content (AvgIpc) is 2.65. The first kappa shape index (κ1) is 21.3. The Balaban J connectivity index is 0.00000312. The molecule has 0 unspecified atom stereocenters. The van der Waals surface area contributed by atoms with E-state index in [9.17, 15) is 0 Å². The molecule has 2 N–H and O–H groups in total. The van der Waals surface area contributed by atoms with Gasteiger partial charge in [0.05, 0.1) is 0 Å². The van der Waals surface area contributed by atoms with E-state index in [2.05, 4.69) is 82.0 Å². The lowest BCUT2D eigenvalue weighted by atomic mass is 10.2. The van der Waals surface area contributed by atoms with Crippen LogP contribution in [-0.2, 0) is 6.54 Å². The first-order chi connectivity index (χ1) is 11.8. The highest BCUT2D eigenvalue weighted by Gasteiger charge is 2.03. The fourth-order valence-corrected chi connectivity index (χ4v) is 2.59. The van der Waals surface area contributed by atoms with E-state index in [1.807, 2.05) is 13.1 Å². The second kappa shape index (κ2) is 12.6. The van der Waals surface area contributed by atoms with E-state index in [0.29, 0.717) is 0 Å². The van der Waals surface area contributed by atoms with E-state index >= 15 is 0 Å². The molecule has 0 fully saturated rings. The SMILES string of the molecule is CCN(CCCNC(=NC)NCc1ccccc1)c1ccccc1.I. The van der Waals surface area contributed by atoms with Gasteiger partial charge in [-0.05, 0) is 31.0 Å². The van der Waals surface area contributed by atoms with Crippen molar-refractivity contribution in [2.45, 2.75) is 19.9 Å². The van der Waals surface area contributed by atoms with Crippen LogP contribution in [-0.4, -0.2) is 32.6 Å². The summed E-state index contributed by atoms with van der Waals surface area (Å²) in [5.74, 6) is 0.849. The van der Waals surface area contributed by atoms with Gasteiger partial charge < -0.3 is 15.5 Å². The Labute approximate surface area is 168 Å². The van der Waals surface area contributed by atoms with E-state index in [-0.39, 0.29) is 24.0 Å². The predicted molar refractivity (Wildman–Crippen MR) is 119 cm³/mol. The average molecular weight is 452 g/mol. The van der Waals surface area contributed by atoms with Gasteiger partial charge in [0.1, 0.15) is 0 Å². The molecule has 5 heteroatoms. The lowest BCUT2D eigenvalue weighted by Crippen LogP contribution is -2.38. The lowest BCUT2D eigenvalue weighted by Gasteiger charge is -2.23. The zero-order valence-corrected chi connectivity index (χ0v) is 17.4. The summed E-state index contributed by atoms with van der Waals surface area (Å²) in [6.07, 6.45) is 1.06. The number of guanidine groups is 1. The fourth-order valence-electron chi connectivity index (χ4n) is 2.59. The van der Waals surface area contributed by atoms with Crippen LogP contribution in [0.4, 0.5) is 5.69 Å². The quantitative estimate of drug-likeness (QED) is 0.276. The normalized spacial score (nSPS) is 10.7. The summed E-state index contributed by atoms with van der Waals surface area (Å²) in [5.41, 5.74) is 2.54. The van der Waals surface area contributed by atoms with Crippen molar-refractivity contribution in [1.82, 2.24) is 10.6 Å². The number of hydrogen-bond donors (Lipinski definition) is 2. The standard InChI is InChI=1S/C20H28N4.HI/c1-3-24(19-13-8-5-9-14-19)16-10-15-22-20(21-2)23-17-18-11-6-4-7-12-18;/h4-9,11-14H,3,10,15-17H2,1-2H3,(H2,21,22,23);1H. The highest BCUT2D eigenvalue weighted by atomic mass is 127. The van der Waals surface area contributed by atoms with Crippen LogP contribution in [0.1, 0.15) is 18.9 Å². The van der Waals surface area contributed by atoms with Gasteiger partial charge in [0.15, 0.2) is 5.96 Å². The number of nitrogens with zero attached hydrogens (tertiary/aromatic N) is 2. The zero-order chi connectivity index (χ0) is 17.0. The second-order valence-electron chi connectivity index (χ2n) is 5.61. The summed E-state index contributed by atoms with van der Waals surface area (Å²) in [5, 5.41) is 6.73. The van der Waals surface area contributed by atoms with Crippen LogP contribution in [0.15, 0.2) is 65.7 Å². The number of hydrogen-bond acceptors (Lipinski definition) is 2. The molecule has 136 valence electrons.